The number of hydrogen-bond donors (Lipinski definition) is 4. The van der Waals surface area contributed by atoms with Crippen molar-refractivity contribution in [3.63, 3.8) is 0 Å². The molecule has 0 spiro atoms. The number of phenolic OH excluding ortho intramolecular Hbond substituents is 2. The summed E-state index contributed by atoms with van der Waals surface area (Å²) >= 11 is 3.65. The number of phenols is 2. The van der Waals surface area contributed by atoms with Gasteiger partial charge in [0, 0.05) is 76.2 Å². The Morgan fingerprint density at radius 1 is 0.677 bits per heavy atom. The molecule has 2 aliphatic carbocycles. The van der Waals surface area contributed by atoms with Gasteiger partial charge < -0.3 is 29.7 Å². The van der Waals surface area contributed by atoms with Gasteiger partial charge in [-0.1, -0.05) is 62.8 Å². The highest BCUT2D eigenvalue weighted by Crippen LogP contribution is 2.57. The molecule has 0 unspecified atom stereocenters. The van der Waals surface area contributed by atoms with E-state index in [0.29, 0.717) is 28.8 Å². The lowest BCUT2D eigenvalue weighted by molar-refractivity contribution is 0.0103. The Morgan fingerprint density at radius 2 is 1.13 bits per heavy atom. The normalized spacial score (nSPS) is 21.3. The molecule has 0 amide bonds. The molecule has 0 bridgehead atoms. The van der Waals surface area contributed by atoms with E-state index in [4.69, 9.17) is 19.5 Å². The molecule has 4 aromatic rings. The van der Waals surface area contributed by atoms with Crippen LogP contribution in [0.5, 0.6) is 23.0 Å². The van der Waals surface area contributed by atoms with Crippen LogP contribution in [0.1, 0.15) is 154 Å². The minimum absolute atomic E-state index is 0.176. The van der Waals surface area contributed by atoms with Crippen molar-refractivity contribution in [2.45, 2.75) is 155 Å². The summed E-state index contributed by atoms with van der Waals surface area (Å²) in [6.45, 7) is 17.6. The number of hydrogen-bond acceptors (Lipinski definition) is 10. The average Bonchev–Trinajstić information content (AvgIpc) is 3.23. The van der Waals surface area contributed by atoms with Gasteiger partial charge in [0.05, 0.1) is 4.47 Å². The predicted molar refractivity (Wildman–Crippen MR) is 251 cm³/mol. The van der Waals surface area contributed by atoms with Crippen molar-refractivity contribution in [1.82, 2.24) is 19.9 Å². The molecule has 62 heavy (non-hydrogen) atoms. The third-order valence-electron chi connectivity index (χ3n) is 13.2. The smallest absolute Gasteiger partial charge is 0.491 e. The van der Waals surface area contributed by atoms with Crippen LogP contribution in [0.15, 0.2) is 77.3 Å². The molecule has 332 valence electrons. The van der Waals surface area contributed by atoms with Gasteiger partial charge in [-0.05, 0) is 132 Å². The topological polar surface area (TPSA) is 151 Å². The largest absolute Gasteiger partial charge is 0.507 e. The van der Waals surface area contributed by atoms with E-state index in [-0.39, 0.29) is 23.0 Å². The molecule has 4 N–H and O–H groups in total. The quantitative estimate of drug-likeness (QED) is 0.0688. The van der Waals surface area contributed by atoms with Gasteiger partial charge in [-0.3, -0.25) is 0 Å². The molecule has 0 saturated carbocycles. The Morgan fingerprint density at radius 3 is 1.60 bits per heavy atom. The van der Waals surface area contributed by atoms with Crippen LogP contribution >= 0.6 is 15.9 Å². The summed E-state index contributed by atoms with van der Waals surface area (Å²) in [6, 6.07) is 4.33. The lowest BCUT2D eigenvalue weighted by Crippen LogP contribution is -2.45. The summed E-state index contributed by atoms with van der Waals surface area (Å²) in [5, 5.41) is 39.5. The molecule has 0 saturated heterocycles. The third-order valence-corrected chi connectivity index (χ3v) is 14.1. The molecular weight excluding hydrogens is 843 g/mol. The van der Waals surface area contributed by atoms with Gasteiger partial charge in [-0.25, -0.2) is 19.9 Å². The van der Waals surface area contributed by atoms with Gasteiger partial charge in [0.25, 0.3) is 0 Å². The Bertz CT molecular complexity index is 2210. The van der Waals surface area contributed by atoms with Gasteiger partial charge in [-0.2, -0.15) is 0 Å². The minimum Gasteiger partial charge on any atom is -0.507 e. The van der Waals surface area contributed by atoms with E-state index in [1.54, 1.807) is 12.4 Å². The zero-order valence-electron chi connectivity index (χ0n) is 37.9. The molecule has 4 aliphatic rings. The summed E-state index contributed by atoms with van der Waals surface area (Å²) in [7, 11) is -1.47. The monoisotopic (exact) mass is 908 g/mol. The van der Waals surface area contributed by atoms with Crippen LogP contribution in [0.2, 0.25) is 0 Å². The first-order chi connectivity index (χ1) is 29.6. The Balaban J connectivity index is 0.000000175. The number of fused-ring (bicyclic) bond motifs is 6. The SMILES string of the molecule is CCCCCc1cc2c(c(O)c1-c1cncnc1)[C@@H]1C=C(C)CC[C@H]1C(C)(C)O2.CCCCCc1cc2c(c(O)c1Br)[C@@H]1C=C(C)CC[C@H]1C(C)(C)O2.OB(O)c1cncnc1. The van der Waals surface area contributed by atoms with E-state index in [9.17, 15) is 10.2 Å². The van der Waals surface area contributed by atoms with Crippen molar-refractivity contribution < 1.29 is 29.7 Å². The molecule has 2 aliphatic heterocycles. The van der Waals surface area contributed by atoms with Gasteiger partial charge in [0.2, 0.25) is 0 Å². The molecule has 10 nitrogen and oxygen atoms in total. The van der Waals surface area contributed by atoms with Crippen molar-refractivity contribution >= 4 is 28.5 Å². The maximum Gasteiger partial charge on any atom is 0.491 e. The maximum absolute atomic E-state index is 11.6. The fourth-order valence-corrected chi connectivity index (χ4v) is 10.4. The number of nitrogens with zero attached hydrogens (tertiary/aromatic N) is 4. The van der Waals surface area contributed by atoms with Gasteiger partial charge in [0.1, 0.15) is 46.9 Å². The predicted octanol–water partition coefficient (Wildman–Crippen LogP) is 10.8. The van der Waals surface area contributed by atoms with E-state index in [2.05, 4.69) is 116 Å². The standard InChI is InChI=1S/C25H32N2O2.C21H29BrO2.C4H5BN2O2/c1-5-6-7-8-17-12-21-23(24(28)22(17)18-13-26-15-27-14-18)19-11-16(2)9-10-20(19)25(3,4)29-21;1-5-6-7-8-14-12-17-18(20(23)19(14)22)15-11-13(2)9-10-16(15)21(3,4)24-17;8-5(9)4-1-6-3-7-2-4/h11-15,19-20,28H,5-10H2,1-4H3;11-12,15-16,23H,5-10H2,1-4H3;1-3,8-9H/t19-,20-;15-,16-;/m11./s1. The molecule has 4 atom stereocenters. The van der Waals surface area contributed by atoms with Crippen LogP contribution in [-0.4, -0.2) is 58.5 Å². The van der Waals surface area contributed by atoms with Gasteiger partial charge in [0.15, 0.2) is 0 Å². The molecule has 2 aromatic carbocycles. The summed E-state index contributed by atoms with van der Waals surface area (Å²) in [5.41, 5.74) is 8.61. The van der Waals surface area contributed by atoms with Crippen molar-refractivity contribution in [2.24, 2.45) is 11.8 Å². The first-order valence-corrected chi connectivity index (χ1v) is 23.4. The molecule has 2 aromatic heterocycles. The second kappa shape index (κ2) is 20.5. The van der Waals surface area contributed by atoms with E-state index in [0.717, 1.165) is 107 Å². The average molecular weight is 910 g/mol. The summed E-state index contributed by atoms with van der Waals surface area (Å²) in [4.78, 5) is 15.6. The van der Waals surface area contributed by atoms with Crippen molar-refractivity contribution in [3.8, 4) is 34.1 Å². The van der Waals surface area contributed by atoms with Crippen LogP contribution in [0.3, 0.4) is 0 Å². The highest BCUT2D eigenvalue weighted by atomic mass is 79.9. The second-order valence-corrected chi connectivity index (χ2v) is 19.4. The molecular formula is C50H66BBrN4O6. The van der Waals surface area contributed by atoms with Crippen LogP contribution < -0.4 is 14.9 Å². The van der Waals surface area contributed by atoms with Crippen LogP contribution in [0.4, 0.5) is 0 Å². The number of aryl methyl sites for hydroxylation is 2. The second-order valence-electron chi connectivity index (χ2n) is 18.6. The fourth-order valence-electron chi connectivity index (χ4n) is 9.90. The lowest BCUT2D eigenvalue weighted by Gasteiger charge is -2.46. The zero-order valence-corrected chi connectivity index (χ0v) is 39.5. The summed E-state index contributed by atoms with van der Waals surface area (Å²) < 4.78 is 13.8. The van der Waals surface area contributed by atoms with E-state index < -0.39 is 7.12 Å². The number of ether oxygens (including phenoxy) is 2. The molecule has 0 fully saturated rings. The van der Waals surface area contributed by atoms with E-state index in [1.165, 1.54) is 55.5 Å². The van der Waals surface area contributed by atoms with Gasteiger partial charge in [-0.15, -0.1) is 0 Å². The molecule has 8 rings (SSSR count). The number of rotatable bonds is 10. The van der Waals surface area contributed by atoms with Crippen molar-refractivity contribution in [2.75, 3.05) is 0 Å². The van der Waals surface area contributed by atoms with E-state index >= 15 is 0 Å². The highest BCUT2D eigenvalue weighted by Gasteiger charge is 2.47. The zero-order chi connectivity index (χ0) is 44.8. The van der Waals surface area contributed by atoms with Crippen LogP contribution in [0, 0.1) is 11.8 Å². The highest BCUT2D eigenvalue weighted by molar-refractivity contribution is 9.10. The number of unbranched alkanes of at least 4 members (excludes halogenated alkanes) is 4. The van der Waals surface area contributed by atoms with Crippen molar-refractivity contribution in [3.05, 3.63) is 99.6 Å². The summed E-state index contributed by atoms with van der Waals surface area (Å²) in [6.07, 6.45) is 27.1. The molecule has 12 heteroatoms. The number of aromatic hydroxyl groups is 2. The van der Waals surface area contributed by atoms with Crippen LogP contribution in [-0.2, 0) is 12.8 Å². The van der Waals surface area contributed by atoms with Gasteiger partial charge >= 0.3 is 7.12 Å². The Hall–Kier alpha value is -4.26. The fraction of sp³-hybridized carbons (Fsp3) is 0.520. The van der Waals surface area contributed by atoms with Crippen molar-refractivity contribution in [1.29, 1.82) is 0 Å². The first kappa shape index (κ1) is 47.2. The van der Waals surface area contributed by atoms with Crippen LogP contribution in [0.25, 0.3) is 11.1 Å². The number of aromatic nitrogens is 4. The molecule has 4 heterocycles. The Kier molecular flexibility index (Phi) is 15.6. The number of allylic oxidation sites excluding steroid dienone is 4. The minimum atomic E-state index is -1.47. The Labute approximate surface area is 377 Å². The number of halogens is 1. The summed E-state index contributed by atoms with van der Waals surface area (Å²) in [5.74, 6) is 3.64. The molecule has 0 radical (unpaired) electrons. The lowest BCUT2D eigenvalue weighted by atomic mass is 9.67. The maximum atomic E-state index is 11.6. The first-order valence-electron chi connectivity index (χ1n) is 22.6. The third kappa shape index (κ3) is 10.6. The number of benzene rings is 2. The van der Waals surface area contributed by atoms with E-state index in [1.807, 2.05) is 0 Å².